The zero-order valence-corrected chi connectivity index (χ0v) is 25.4. The average molecular weight is 602 g/mol. The van der Waals surface area contributed by atoms with Gasteiger partial charge in [-0.25, -0.2) is 9.59 Å². The molecule has 0 amide bonds. The Kier molecular flexibility index (Phi) is 11.4. The topological polar surface area (TPSA) is 52.6 Å². The number of halogens is 2. The SMILES string of the molecule is CCCCc1ccc(C(=O)O/C(=C(/OC(=O)c2ccc(CCCC)cc2)c2ccccc2Cl)c2ccccc2Cl)cc1. The third kappa shape index (κ3) is 8.12. The standard InChI is InChI=1S/C36H34Cl2O4/c1-3-5-11-25-17-21-27(22-18-25)35(39)41-33(29-13-7-9-15-31(29)37)34(30-14-8-10-16-32(30)38)42-36(40)28-23-19-26(20-24-28)12-6-4-2/h7-10,13-24H,3-6,11-12H2,1-2H3/b34-33+. The summed E-state index contributed by atoms with van der Waals surface area (Å²) in [7, 11) is 0. The lowest BCUT2D eigenvalue weighted by Gasteiger charge is -2.18. The van der Waals surface area contributed by atoms with E-state index in [1.165, 1.54) is 0 Å². The van der Waals surface area contributed by atoms with E-state index in [9.17, 15) is 9.59 Å². The highest BCUT2D eigenvalue weighted by Gasteiger charge is 2.25. The molecule has 4 aromatic rings. The number of benzene rings is 4. The molecular weight excluding hydrogens is 567 g/mol. The van der Waals surface area contributed by atoms with Crippen LogP contribution in [-0.4, -0.2) is 11.9 Å². The van der Waals surface area contributed by atoms with Crippen LogP contribution in [0.4, 0.5) is 0 Å². The number of carbonyl (C=O) groups is 2. The van der Waals surface area contributed by atoms with Crippen LogP contribution in [0.2, 0.25) is 10.0 Å². The van der Waals surface area contributed by atoms with Crippen LogP contribution in [0.25, 0.3) is 11.5 Å². The summed E-state index contributed by atoms with van der Waals surface area (Å²) in [6, 6.07) is 28.4. The largest absolute Gasteiger partial charge is 0.418 e. The summed E-state index contributed by atoms with van der Waals surface area (Å²) in [6.45, 7) is 4.28. The Labute approximate surface area is 257 Å². The number of hydrogen-bond acceptors (Lipinski definition) is 4. The predicted octanol–water partition coefficient (Wildman–Crippen LogP) is 10.2. The fourth-order valence-electron chi connectivity index (χ4n) is 4.42. The first-order chi connectivity index (χ1) is 20.4. The highest BCUT2D eigenvalue weighted by molar-refractivity contribution is 6.33. The smallest absolute Gasteiger partial charge is 0.343 e. The molecule has 0 aliphatic rings. The normalized spacial score (nSPS) is 11.5. The number of ether oxygens (including phenoxy) is 2. The average Bonchev–Trinajstić information content (AvgIpc) is 3.01. The van der Waals surface area contributed by atoms with Gasteiger partial charge in [0.25, 0.3) is 0 Å². The Morgan fingerprint density at radius 3 is 1.24 bits per heavy atom. The summed E-state index contributed by atoms with van der Waals surface area (Å²) in [5.41, 5.74) is 3.75. The first kappa shape index (κ1) is 31.1. The van der Waals surface area contributed by atoms with Crippen LogP contribution in [0, 0.1) is 0 Å². The van der Waals surface area contributed by atoms with Crippen LogP contribution in [0.5, 0.6) is 0 Å². The van der Waals surface area contributed by atoms with Crippen LogP contribution < -0.4 is 0 Å². The number of aryl methyl sites for hydroxylation is 2. The lowest BCUT2D eigenvalue weighted by atomic mass is 10.1. The molecule has 0 spiro atoms. The number of hydrogen-bond donors (Lipinski definition) is 0. The summed E-state index contributed by atoms with van der Waals surface area (Å²) >= 11 is 13.2. The summed E-state index contributed by atoms with van der Waals surface area (Å²) in [5, 5.41) is 0.632. The minimum absolute atomic E-state index is 0.0123. The van der Waals surface area contributed by atoms with Gasteiger partial charge < -0.3 is 9.47 Å². The Morgan fingerprint density at radius 1 is 0.548 bits per heavy atom. The van der Waals surface area contributed by atoms with Crippen LogP contribution >= 0.6 is 23.2 Å². The van der Waals surface area contributed by atoms with Crippen molar-refractivity contribution in [1.29, 1.82) is 0 Å². The molecule has 0 heterocycles. The molecule has 0 saturated heterocycles. The molecule has 0 radical (unpaired) electrons. The van der Waals surface area contributed by atoms with E-state index in [2.05, 4.69) is 13.8 Å². The van der Waals surface area contributed by atoms with Crippen molar-refractivity contribution >= 4 is 46.7 Å². The molecule has 6 heteroatoms. The fourth-order valence-corrected chi connectivity index (χ4v) is 4.86. The fraction of sp³-hybridized carbons (Fsp3) is 0.222. The van der Waals surface area contributed by atoms with Crippen LogP contribution in [0.3, 0.4) is 0 Å². The lowest BCUT2D eigenvalue weighted by Crippen LogP contribution is -2.12. The zero-order chi connectivity index (χ0) is 29.9. The molecule has 0 bridgehead atoms. The summed E-state index contributed by atoms with van der Waals surface area (Å²) < 4.78 is 12.0. The van der Waals surface area contributed by atoms with E-state index in [0.29, 0.717) is 32.3 Å². The number of esters is 2. The minimum Gasteiger partial charge on any atom is -0.418 e. The molecule has 4 aromatic carbocycles. The quantitative estimate of drug-likeness (QED) is 0.0921. The summed E-state index contributed by atoms with van der Waals surface area (Å²) in [4.78, 5) is 27.0. The highest BCUT2D eigenvalue weighted by atomic mass is 35.5. The van der Waals surface area contributed by atoms with Gasteiger partial charge in [-0.05, 0) is 85.3 Å². The second-order valence-corrected chi connectivity index (χ2v) is 10.8. The first-order valence-corrected chi connectivity index (χ1v) is 15.0. The van der Waals surface area contributed by atoms with E-state index >= 15 is 0 Å². The van der Waals surface area contributed by atoms with Gasteiger partial charge in [-0.15, -0.1) is 0 Å². The molecule has 4 rings (SSSR count). The van der Waals surface area contributed by atoms with Gasteiger partial charge in [0.05, 0.1) is 21.2 Å². The third-order valence-corrected chi connectivity index (χ3v) is 7.51. The summed E-state index contributed by atoms with van der Waals surface area (Å²) in [6.07, 6.45) is 6.17. The molecule has 0 N–H and O–H groups in total. The number of rotatable bonds is 12. The molecule has 0 fully saturated rings. The maximum atomic E-state index is 13.5. The third-order valence-electron chi connectivity index (χ3n) is 6.85. The molecule has 0 aromatic heterocycles. The van der Waals surface area contributed by atoms with E-state index in [1.54, 1.807) is 72.8 Å². The van der Waals surface area contributed by atoms with Gasteiger partial charge in [0, 0.05) is 11.1 Å². The molecule has 0 unspecified atom stereocenters. The van der Waals surface area contributed by atoms with Crippen molar-refractivity contribution in [1.82, 2.24) is 0 Å². The van der Waals surface area contributed by atoms with Crippen LogP contribution in [0.15, 0.2) is 97.1 Å². The maximum absolute atomic E-state index is 13.5. The van der Waals surface area contributed by atoms with Gasteiger partial charge in [-0.3, -0.25) is 0 Å². The van der Waals surface area contributed by atoms with E-state index in [4.69, 9.17) is 32.7 Å². The second kappa shape index (κ2) is 15.4. The van der Waals surface area contributed by atoms with Crippen molar-refractivity contribution in [3.05, 3.63) is 140 Å². The molecule has 0 aliphatic heterocycles. The van der Waals surface area contributed by atoms with E-state index in [-0.39, 0.29) is 11.5 Å². The van der Waals surface area contributed by atoms with Gasteiger partial charge in [-0.1, -0.05) is 98.4 Å². The van der Waals surface area contributed by atoms with Gasteiger partial charge >= 0.3 is 11.9 Å². The molecule has 0 saturated carbocycles. The Hall–Kier alpha value is -3.86. The Morgan fingerprint density at radius 2 is 0.905 bits per heavy atom. The van der Waals surface area contributed by atoms with Crippen molar-refractivity contribution in [3.63, 3.8) is 0 Å². The van der Waals surface area contributed by atoms with Gasteiger partial charge in [0.15, 0.2) is 11.5 Å². The second-order valence-electron chi connectivity index (χ2n) is 10.00. The van der Waals surface area contributed by atoms with E-state index in [0.717, 1.165) is 49.7 Å². The molecular formula is C36H34Cl2O4. The highest BCUT2D eigenvalue weighted by Crippen LogP contribution is 2.36. The predicted molar refractivity (Wildman–Crippen MR) is 171 cm³/mol. The monoisotopic (exact) mass is 600 g/mol. The van der Waals surface area contributed by atoms with E-state index < -0.39 is 11.9 Å². The molecule has 4 nitrogen and oxygen atoms in total. The molecule has 0 aliphatic carbocycles. The van der Waals surface area contributed by atoms with Crippen molar-refractivity contribution in [3.8, 4) is 0 Å². The van der Waals surface area contributed by atoms with Crippen molar-refractivity contribution < 1.29 is 19.1 Å². The van der Waals surface area contributed by atoms with Crippen LogP contribution in [0.1, 0.15) is 82.5 Å². The van der Waals surface area contributed by atoms with Crippen molar-refractivity contribution in [2.45, 2.75) is 52.4 Å². The Balaban J connectivity index is 1.77. The lowest BCUT2D eigenvalue weighted by molar-refractivity contribution is 0.0647. The molecule has 216 valence electrons. The molecule has 42 heavy (non-hydrogen) atoms. The van der Waals surface area contributed by atoms with E-state index in [1.807, 2.05) is 24.3 Å². The number of carbonyl (C=O) groups excluding carboxylic acids is 2. The minimum atomic E-state index is -0.618. The van der Waals surface area contributed by atoms with Gasteiger partial charge in [0.2, 0.25) is 0 Å². The van der Waals surface area contributed by atoms with Crippen molar-refractivity contribution in [2.75, 3.05) is 0 Å². The first-order valence-electron chi connectivity index (χ1n) is 14.3. The van der Waals surface area contributed by atoms with Gasteiger partial charge in [0.1, 0.15) is 0 Å². The zero-order valence-electron chi connectivity index (χ0n) is 23.9. The number of unbranched alkanes of at least 4 members (excludes halogenated alkanes) is 2. The Bertz CT molecular complexity index is 1420. The van der Waals surface area contributed by atoms with Crippen molar-refractivity contribution in [2.24, 2.45) is 0 Å². The van der Waals surface area contributed by atoms with Gasteiger partial charge in [-0.2, -0.15) is 0 Å². The van der Waals surface area contributed by atoms with Crippen LogP contribution in [-0.2, 0) is 22.3 Å². The molecule has 0 atom stereocenters. The maximum Gasteiger partial charge on any atom is 0.343 e. The summed E-state index contributed by atoms with van der Waals surface area (Å²) in [5.74, 6) is -1.26.